The minimum absolute atomic E-state index is 0.398. The van der Waals surface area contributed by atoms with Gasteiger partial charge in [-0.3, -0.25) is 4.79 Å². The molecule has 2 aliphatic heterocycles. The average Bonchev–Trinajstić information content (AvgIpc) is 2.29. The van der Waals surface area contributed by atoms with E-state index in [0.29, 0.717) is 23.7 Å². The highest BCUT2D eigenvalue weighted by Gasteiger charge is 2.27. The molecule has 0 spiro atoms. The molecule has 98 valence electrons. The SMILES string of the molecule is C[C@H]1C[C@H](C)CN(C(=O)CC2CCNCC2)C1. The number of hydrogen-bond acceptors (Lipinski definition) is 2. The Morgan fingerprint density at radius 3 is 2.35 bits per heavy atom. The number of amides is 1. The van der Waals surface area contributed by atoms with Crippen LogP contribution in [0.2, 0.25) is 0 Å². The number of nitrogens with one attached hydrogen (secondary N) is 1. The van der Waals surface area contributed by atoms with Gasteiger partial charge in [0, 0.05) is 19.5 Å². The molecule has 17 heavy (non-hydrogen) atoms. The van der Waals surface area contributed by atoms with Gasteiger partial charge in [0.15, 0.2) is 0 Å². The molecule has 3 heteroatoms. The predicted octanol–water partition coefficient (Wildman–Crippen LogP) is 1.88. The molecule has 0 unspecified atom stereocenters. The molecule has 2 rings (SSSR count). The van der Waals surface area contributed by atoms with Crippen LogP contribution in [0, 0.1) is 17.8 Å². The van der Waals surface area contributed by atoms with Crippen LogP contribution in [-0.2, 0) is 4.79 Å². The minimum atomic E-state index is 0.398. The Labute approximate surface area is 105 Å². The van der Waals surface area contributed by atoms with Crippen molar-refractivity contribution >= 4 is 5.91 Å². The van der Waals surface area contributed by atoms with Crippen molar-refractivity contribution in [3.05, 3.63) is 0 Å². The molecule has 2 saturated heterocycles. The standard InChI is InChI=1S/C14H26N2O/c1-11-7-12(2)10-16(9-11)14(17)8-13-3-5-15-6-4-13/h11-13,15H,3-10H2,1-2H3/t11-,12-/m0/s1. The van der Waals surface area contributed by atoms with Gasteiger partial charge in [-0.05, 0) is 50.1 Å². The number of piperidine rings is 2. The molecule has 2 atom stereocenters. The highest BCUT2D eigenvalue weighted by atomic mass is 16.2. The first-order valence-electron chi connectivity index (χ1n) is 7.13. The Morgan fingerprint density at radius 2 is 1.76 bits per heavy atom. The molecule has 2 fully saturated rings. The van der Waals surface area contributed by atoms with Crippen molar-refractivity contribution in [1.29, 1.82) is 0 Å². The first-order chi connectivity index (χ1) is 8.15. The summed E-state index contributed by atoms with van der Waals surface area (Å²) >= 11 is 0. The van der Waals surface area contributed by atoms with Crippen LogP contribution in [0.25, 0.3) is 0 Å². The number of hydrogen-bond donors (Lipinski definition) is 1. The van der Waals surface area contributed by atoms with Gasteiger partial charge in [0.25, 0.3) is 0 Å². The molecule has 0 aromatic heterocycles. The third-order valence-electron chi connectivity index (χ3n) is 4.14. The summed E-state index contributed by atoms with van der Waals surface area (Å²) < 4.78 is 0. The first kappa shape index (κ1) is 12.9. The fourth-order valence-corrected chi connectivity index (χ4v) is 3.33. The smallest absolute Gasteiger partial charge is 0.222 e. The van der Waals surface area contributed by atoms with Gasteiger partial charge in [-0.25, -0.2) is 0 Å². The van der Waals surface area contributed by atoms with Crippen molar-refractivity contribution in [1.82, 2.24) is 10.2 Å². The van der Waals surface area contributed by atoms with E-state index in [0.717, 1.165) is 32.6 Å². The lowest BCUT2D eigenvalue weighted by molar-refractivity contribution is -0.135. The fraction of sp³-hybridized carbons (Fsp3) is 0.929. The summed E-state index contributed by atoms with van der Waals surface area (Å²) in [6.07, 6.45) is 4.40. The van der Waals surface area contributed by atoms with E-state index in [-0.39, 0.29) is 0 Å². The second-order valence-electron chi connectivity index (χ2n) is 6.14. The van der Waals surface area contributed by atoms with Crippen molar-refractivity contribution in [2.45, 2.75) is 39.5 Å². The van der Waals surface area contributed by atoms with Crippen LogP contribution in [0.4, 0.5) is 0 Å². The van der Waals surface area contributed by atoms with Gasteiger partial charge >= 0.3 is 0 Å². The molecule has 0 aromatic rings. The molecule has 3 nitrogen and oxygen atoms in total. The largest absolute Gasteiger partial charge is 0.342 e. The highest BCUT2D eigenvalue weighted by molar-refractivity contribution is 5.76. The van der Waals surface area contributed by atoms with E-state index in [1.54, 1.807) is 0 Å². The summed E-state index contributed by atoms with van der Waals surface area (Å²) in [5.74, 6) is 2.37. The normalized spacial score (nSPS) is 31.5. The molecule has 2 aliphatic rings. The molecule has 2 heterocycles. The van der Waals surface area contributed by atoms with Gasteiger partial charge in [-0.15, -0.1) is 0 Å². The lowest BCUT2D eigenvalue weighted by atomic mass is 9.90. The maximum atomic E-state index is 12.3. The van der Waals surface area contributed by atoms with E-state index in [2.05, 4.69) is 24.1 Å². The first-order valence-corrected chi connectivity index (χ1v) is 7.13. The summed E-state index contributed by atoms with van der Waals surface area (Å²) in [4.78, 5) is 14.4. The van der Waals surface area contributed by atoms with Gasteiger partial charge in [-0.2, -0.15) is 0 Å². The second-order valence-corrected chi connectivity index (χ2v) is 6.14. The van der Waals surface area contributed by atoms with Crippen LogP contribution in [0.1, 0.15) is 39.5 Å². The number of nitrogens with zero attached hydrogens (tertiary/aromatic N) is 1. The lowest BCUT2D eigenvalue weighted by Gasteiger charge is -2.36. The van der Waals surface area contributed by atoms with Crippen LogP contribution >= 0.6 is 0 Å². The molecule has 1 amide bonds. The van der Waals surface area contributed by atoms with E-state index in [9.17, 15) is 4.79 Å². The summed E-state index contributed by atoms with van der Waals surface area (Å²) in [5.41, 5.74) is 0. The second kappa shape index (κ2) is 5.85. The Morgan fingerprint density at radius 1 is 1.18 bits per heavy atom. The third-order valence-corrected chi connectivity index (χ3v) is 4.14. The van der Waals surface area contributed by atoms with Crippen LogP contribution in [0.3, 0.4) is 0 Å². The van der Waals surface area contributed by atoms with Gasteiger partial charge in [0.2, 0.25) is 5.91 Å². The monoisotopic (exact) mass is 238 g/mol. The molecule has 0 saturated carbocycles. The van der Waals surface area contributed by atoms with Crippen LogP contribution in [0.5, 0.6) is 0 Å². The van der Waals surface area contributed by atoms with E-state index >= 15 is 0 Å². The lowest BCUT2D eigenvalue weighted by Crippen LogP contribution is -2.43. The van der Waals surface area contributed by atoms with Gasteiger partial charge < -0.3 is 10.2 Å². The number of likely N-dealkylation sites (tertiary alicyclic amines) is 1. The summed E-state index contributed by atoms with van der Waals surface area (Å²) in [6.45, 7) is 8.67. The maximum absolute atomic E-state index is 12.3. The Balaban J connectivity index is 1.81. The Kier molecular flexibility index (Phi) is 4.43. The zero-order valence-corrected chi connectivity index (χ0v) is 11.2. The molecule has 0 aromatic carbocycles. The topological polar surface area (TPSA) is 32.3 Å². The highest BCUT2D eigenvalue weighted by Crippen LogP contribution is 2.23. The van der Waals surface area contributed by atoms with Crippen molar-refractivity contribution in [3.8, 4) is 0 Å². The van der Waals surface area contributed by atoms with E-state index in [4.69, 9.17) is 0 Å². The fourth-order valence-electron chi connectivity index (χ4n) is 3.33. The summed E-state index contributed by atoms with van der Waals surface area (Å²) in [5, 5.41) is 3.36. The number of rotatable bonds is 2. The van der Waals surface area contributed by atoms with Crippen molar-refractivity contribution in [2.75, 3.05) is 26.2 Å². The molecule has 0 aliphatic carbocycles. The zero-order valence-electron chi connectivity index (χ0n) is 11.2. The van der Waals surface area contributed by atoms with Gasteiger partial charge in [-0.1, -0.05) is 13.8 Å². The predicted molar refractivity (Wildman–Crippen MR) is 69.7 cm³/mol. The number of carbonyl (C=O) groups excluding carboxylic acids is 1. The molecule has 0 radical (unpaired) electrons. The minimum Gasteiger partial charge on any atom is -0.342 e. The summed E-state index contributed by atoms with van der Waals surface area (Å²) in [7, 11) is 0. The molecular weight excluding hydrogens is 212 g/mol. The molecule has 0 bridgehead atoms. The van der Waals surface area contributed by atoms with Crippen molar-refractivity contribution in [3.63, 3.8) is 0 Å². The van der Waals surface area contributed by atoms with Crippen LogP contribution in [0.15, 0.2) is 0 Å². The van der Waals surface area contributed by atoms with E-state index in [1.165, 1.54) is 19.3 Å². The third kappa shape index (κ3) is 3.70. The maximum Gasteiger partial charge on any atom is 0.222 e. The van der Waals surface area contributed by atoms with E-state index < -0.39 is 0 Å². The Bertz CT molecular complexity index is 251. The summed E-state index contributed by atoms with van der Waals surface area (Å²) in [6, 6.07) is 0. The van der Waals surface area contributed by atoms with Crippen molar-refractivity contribution < 1.29 is 4.79 Å². The van der Waals surface area contributed by atoms with Crippen molar-refractivity contribution in [2.24, 2.45) is 17.8 Å². The van der Waals surface area contributed by atoms with Gasteiger partial charge in [0.05, 0.1) is 0 Å². The average molecular weight is 238 g/mol. The molecular formula is C14H26N2O. The van der Waals surface area contributed by atoms with Gasteiger partial charge in [0.1, 0.15) is 0 Å². The van der Waals surface area contributed by atoms with Crippen LogP contribution < -0.4 is 5.32 Å². The van der Waals surface area contributed by atoms with Crippen LogP contribution in [-0.4, -0.2) is 37.0 Å². The quantitative estimate of drug-likeness (QED) is 0.796. The number of carbonyl (C=O) groups is 1. The molecule has 1 N–H and O–H groups in total. The Hall–Kier alpha value is -0.570. The van der Waals surface area contributed by atoms with E-state index in [1.807, 2.05) is 0 Å². The zero-order chi connectivity index (χ0) is 12.3.